The standard InChI is InChI=1S/C13H20N2O2.ClH/c1-10(2)17-12-7-5-4-6-11(12)8-15-13(16)9-14-3;/h4-7,10,14H,8-9H2,1-3H3,(H,15,16);1H. The summed E-state index contributed by atoms with van der Waals surface area (Å²) in [5.74, 6) is 0.805. The average Bonchev–Trinajstić information content (AvgIpc) is 2.27. The van der Waals surface area contributed by atoms with Gasteiger partial charge in [0.1, 0.15) is 5.75 Å². The van der Waals surface area contributed by atoms with Crippen molar-refractivity contribution in [3.63, 3.8) is 0 Å². The highest BCUT2D eigenvalue weighted by atomic mass is 35.5. The first kappa shape index (κ1) is 16.7. The lowest BCUT2D eigenvalue weighted by Gasteiger charge is -2.14. The van der Waals surface area contributed by atoms with Gasteiger partial charge in [0.2, 0.25) is 5.91 Å². The van der Waals surface area contributed by atoms with E-state index in [2.05, 4.69) is 10.6 Å². The van der Waals surface area contributed by atoms with Gasteiger partial charge in [0.25, 0.3) is 0 Å². The van der Waals surface area contributed by atoms with Crippen molar-refractivity contribution >= 4 is 18.3 Å². The summed E-state index contributed by atoms with van der Waals surface area (Å²) in [5, 5.41) is 5.64. The molecule has 0 aromatic heterocycles. The van der Waals surface area contributed by atoms with E-state index in [1.165, 1.54) is 0 Å². The maximum absolute atomic E-state index is 11.3. The third-order valence-electron chi connectivity index (χ3n) is 2.15. The van der Waals surface area contributed by atoms with Crippen molar-refractivity contribution in [3.8, 4) is 5.75 Å². The molecule has 1 aromatic carbocycles. The lowest BCUT2D eigenvalue weighted by Crippen LogP contribution is -2.31. The molecule has 0 radical (unpaired) electrons. The van der Waals surface area contributed by atoms with Crippen molar-refractivity contribution in [1.29, 1.82) is 0 Å². The Bertz CT molecular complexity index is 370. The number of carbonyl (C=O) groups excluding carboxylic acids is 1. The van der Waals surface area contributed by atoms with Gasteiger partial charge in [-0.2, -0.15) is 0 Å². The number of halogens is 1. The van der Waals surface area contributed by atoms with E-state index >= 15 is 0 Å². The quantitative estimate of drug-likeness (QED) is 0.829. The summed E-state index contributed by atoms with van der Waals surface area (Å²) in [6.45, 7) is 4.78. The zero-order valence-electron chi connectivity index (χ0n) is 11.0. The fourth-order valence-electron chi connectivity index (χ4n) is 1.44. The van der Waals surface area contributed by atoms with Gasteiger partial charge in [-0.15, -0.1) is 12.4 Å². The topological polar surface area (TPSA) is 50.4 Å². The fraction of sp³-hybridized carbons (Fsp3) is 0.462. The Morgan fingerprint density at radius 3 is 2.61 bits per heavy atom. The zero-order valence-corrected chi connectivity index (χ0v) is 11.8. The number of ether oxygens (including phenoxy) is 1. The van der Waals surface area contributed by atoms with E-state index in [0.717, 1.165) is 11.3 Å². The summed E-state index contributed by atoms with van der Waals surface area (Å²) in [4.78, 5) is 11.3. The molecule has 0 saturated heterocycles. The number of rotatable bonds is 6. The van der Waals surface area contributed by atoms with E-state index in [9.17, 15) is 4.79 Å². The normalized spacial score (nSPS) is 9.78. The molecule has 0 saturated carbocycles. The van der Waals surface area contributed by atoms with Crippen LogP contribution in [-0.4, -0.2) is 25.6 Å². The van der Waals surface area contributed by atoms with Crippen LogP contribution in [0.1, 0.15) is 19.4 Å². The summed E-state index contributed by atoms with van der Waals surface area (Å²) in [7, 11) is 1.75. The summed E-state index contributed by atoms with van der Waals surface area (Å²) in [6.07, 6.45) is 0.129. The number of carbonyl (C=O) groups is 1. The Morgan fingerprint density at radius 1 is 1.33 bits per heavy atom. The SMILES string of the molecule is CNCC(=O)NCc1ccccc1OC(C)C.Cl. The van der Waals surface area contributed by atoms with Crippen LogP contribution in [0.4, 0.5) is 0 Å². The van der Waals surface area contributed by atoms with Crippen LogP contribution in [0.15, 0.2) is 24.3 Å². The van der Waals surface area contributed by atoms with Gasteiger partial charge >= 0.3 is 0 Å². The van der Waals surface area contributed by atoms with Gasteiger partial charge < -0.3 is 15.4 Å². The molecule has 4 nitrogen and oxygen atoms in total. The molecular formula is C13H21ClN2O2. The van der Waals surface area contributed by atoms with E-state index in [0.29, 0.717) is 13.1 Å². The molecule has 102 valence electrons. The Labute approximate surface area is 115 Å². The predicted octanol–water partition coefficient (Wildman–Crippen LogP) is 1.73. The molecule has 0 bridgehead atoms. The largest absolute Gasteiger partial charge is 0.491 e. The van der Waals surface area contributed by atoms with Crippen LogP contribution in [0.2, 0.25) is 0 Å². The van der Waals surface area contributed by atoms with Crippen molar-refractivity contribution < 1.29 is 9.53 Å². The van der Waals surface area contributed by atoms with Crippen molar-refractivity contribution in [2.24, 2.45) is 0 Å². The second-order valence-electron chi connectivity index (χ2n) is 4.08. The van der Waals surface area contributed by atoms with Crippen LogP contribution >= 0.6 is 12.4 Å². The van der Waals surface area contributed by atoms with Crippen molar-refractivity contribution in [1.82, 2.24) is 10.6 Å². The number of nitrogens with one attached hydrogen (secondary N) is 2. The molecule has 0 atom stereocenters. The van der Waals surface area contributed by atoms with Crippen molar-refractivity contribution in [3.05, 3.63) is 29.8 Å². The molecule has 0 unspecified atom stereocenters. The number of amides is 1. The first-order chi connectivity index (χ1) is 8.13. The van der Waals surface area contributed by atoms with Gasteiger partial charge in [0.15, 0.2) is 0 Å². The molecule has 1 aromatic rings. The van der Waals surface area contributed by atoms with E-state index in [-0.39, 0.29) is 24.4 Å². The number of benzene rings is 1. The van der Waals surface area contributed by atoms with Gasteiger partial charge in [0, 0.05) is 12.1 Å². The molecule has 5 heteroatoms. The molecule has 0 aliphatic rings. The van der Waals surface area contributed by atoms with Gasteiger partial charge in [0.05, 0.1) is 12.6 Å². The van der Waals surface area contributed by atoms with E-state index < -0.39 is 0 Å². The summed E-state index contributed by atoms with van der Waals surface area (Å²) < 4.78 is 5.67. The predicted molar refractivity (Wildman–Crippen MR) is 75.2 cm³/mol. The molecule has 0 fully saturated rings. The maximum Gasteiger partial charge on any atom is 0.234 e. The fourth-order valence-corrected chi connectivity index (χ4v) is 1.44. The van der Waals surface area contributed by atoms with Crippen LogP contribution in [0.5, 0.6) is 5.75 Å². The van der Waals surface area contributed by atoms with Crippen molar-refractivity contribution in [2.75, 3.05) is 13.6 Å². The van der Waals surface area contributed by atoms with Crippen LogP contribution < -0.4 is 15.4 Å². The first-order valence-corrected chi connectivity index (χ1v) is 5.79. The van der Waals surface area contributed by atoms with Gasteiger partial charge in [-0.05, 0) is 27.0 Å². The smallest absolute Gasteiger partial charge is 0.234 e. The molecule has 18 heavy (non-hydrogen) atoms. The van der Waals surface area contributed by atoms with Gasteiger partial charge in [-0.1, -0.05) is 18.2 Å². The third-order valence-corrected chi connectivity index (χ3v) is 2.15. The Kier molecular flexibility index (Phi) is 8.16. The average molecular weight is 273 g/mol. The highest BCUT2D eigenvalue weighted by Gasteiger charge is 2.06. The molecule has 0 heterocycles. The lowest BCUT2D eigenvalue weighted by atomic mass is 10.2. The number of hydrogen-bond acceptors (Lipinski definition) is 3. The number of para-hydroxylation sites is 1. The molecule has 1 rings (SSSR count). The zero-order chi connectivity index (χ0) is 12.7. The maximum atomic E-state index is 11.3. The summed E-state index contributed by atoms with van der Waals surface area (Å²) in [6, 6.07) is 7.74. The Morgan fingerprint density at radius 2 is 2.00 bits per heavy atom. The molecule has 0 aliphatic heterocycles. The minimum absolute atomic E-state index is 0. The van der Waals surface area contributed by atoms with Crippen LogP contribution in [-0.2, 0) is 11.3 Å². The summed E-state index contributed by atoms with van der Waals surface area (Å²) >= 11 is 0. The third kappa shape index (κ3) is 5.89. The first-order valence-electron chi connectivity index (χ1n) is 5.79. The highest BCUT2D eigenvalue weighted by Crippen LogP contribution is 2.18. The highest BCUT2D eigenvalue weighted by molar-refractivity contribution is 5.85. The van der Waals surface area contributed by atoms with E-state index in [4.69, 9.17) is 4.74 Å². The van der Waals surface area contributed by atoms with Crippen molar-refractivity contribution in [2.45, 2.75) is 26.5 Å². The number of hydrogen-bond donors (Lipinski definition) is 2. The molecule has 0 spiro atoms. The van der Waals surface area contributed by atoms with Gasteiger partial charge in [-0.25, -0.2) is 0 Å². The number of likely N-dealkylation sites (N-methyl/N-ethyl adjacent to an activating group) is 1. The van der Waals surface area contributed by atoms with E-state index in [1.807, 2.05) is 38.1 Å². The molecule has 1 amide bonds. The lowest BCUT2D eigenvalue weighted by molar-refractivity contribution is -0.120. The van der Waals surface area contributed by atoms with Crippen LogP contribution in [0, 0.1) is 0 Å². The minimum atomic E-state index is -0.0214. The molecule has 2 N–H and O–H groups in total. The second-order valence-corrected chi connectivity index (χ2v) is 4.08. The molecular weight excluding hydrogens is 252 g/mol. The Hall–Kier alpha value is -1.26. The minimum Gasteiger partial charge on any atom is -0.491 e. The Balaban J connectivity index is 0.00000289. The monoisotopic (exact) mass is 272 g/mol. The van der Waals surface area contributed by atoms with Crippen LogP contribution in [0.3, 0.4) is 0 Å². The summed E-state index contributed by atoms with van der Waals surface area (Å²) in [5.41, 5.74) is 0.991. The second kappa shape index (κ2) is 8.78. The van der Waals surface area contributed by atoms with Gasteiger partial charge in [-0.3, -0.25) is 4.79 Å². The van der Waals surface area contributed by atoms with E-state index in [1.54, 1.807) is 7.05 Å². The van der Waals surface area contributed by atoms with Crippen LogP contribution in [0.25, 0.3) is 0 Å². The molecule has 0 aliphatic carbocycles.